The van der Waals surface area contributed by atoms with E-state index in [0.29, 0.717) is 24.5 Å². The molecule has 0 atom stereocenters. The summed E-state index contributed by atoms with van der Waals surface area (Å²) in [6, 6.07) is 4.25. The zero-order valence-corrected chi connectivity index (χ0v) is 18.8. The number of benzene rings is 1. The van der Waals surface area contributed by atoms with E-state index >= 15 is 0 Å². The van der Waals surface area contributed by atoms with Crippen molar-refractivity contribution < 1.29 is 13.5 Å². The average molecular weight is 430 g/mol. The Morgan fingerprint density at radius 2 is 1.48 bits per heavy atom. The summed E-state index contributed by atoms with van der Waals surface area (Å²) in [6.45, 7) is 5.20. The Morgan fingerprint density at radius 3 is 2.00 bits per heavy atom. The van der Waals surface area contributed by atoms with E-state index in [9.17, 15) is 8.78 Å². The van der Waals surface area contributed by atoms with E-state index in [1.54, 1.807) is 6.07 Å². The minimum atomic E-state index is -0.735. The summed E-state index contributed by atoms with van der Waals surface area (Å²) >= 11 is 0. The molecule has 0 saturated heterocycles. The molecule has 2 fully saturated rings. The molecule has 0 unspecified atom stereocenters. The molecule has 0 heterocycles. The molecule has 0 spiro atoms. The van der Waals surface area contributed by atoms with Gasteiger partial charge in [0, 0.05) is 6.61 Å². The van der Waals surface area contributed by atoms with Crippen LogP contribution in [0.2, 0.25) is 0 Å². The van der Waals surface area contributed by atoms with Gasteiger partial charge in [-0.15, -0.1) is 6.58 Å². The highest BCUT2D eigenvalue weighted by Gasteiger charge is 2.30. The Bertz CT molecular complexity index is 717. The van der Waals surface area contributed by atoms with Gasteiger partial charge in [0.1, 0.15) is 23.3 Å². The number of nitriles is 1. The Hall–Kier alpha value is -1.73. The van der Waals surface area contributed by atoms with Crippen LogP contribution in [0, 0.1) is 46.6 Å². The summed E-state index contributed by atoms with van der Waals surface area (Å²) in [7, 11) is 0. The molecule has 2 nitrogen and oxygen atoms in total. The number of hydrogen-bond donors (Lipinski definition) is 0. The Labute approximate surface area is 186 Å². The van der Waals surface area contributed by atoms with Crippen molar-refractivity contribution in [1.29, 1.82) is 5.26 Å². The van der Waals surface area contributed by atoms with Gasteiger partial charge in [-0.2, -0.15) is 5.26 Å². The zero-order chi connectivity index (χ0) is 22.1. The maximum Gasteiger partial charge on any atom is 0.144 e. The molecule has 1 aromatic carbocycles. The van der Waals surface area contributed by atoms with Gasteiger partial charge in [0.15, 0.2) is 0 Å². The van der Waals surface area contributed by atoms with Crippen LogP contribution in [0.4, 0.5) is 8.78 Å². The second kappa shape index (κ2) is 12.3. The topological polar surface area (TPSA) is 33.0 Å². The lowest BCUT2D eigenvalue weighted by molar-refractivity contribution is 0.126. The lowest BCUT2D eigenvalue weighted by atomic mass is 9.68. The molecule has 0 aliphatic heterocycles. The highest BCUT2D eigenvalue weighted by atomic mass is 19.1. The van der Waals surface area contributed by atoms with Crippen LogP contribution in [0.1, 0.15) is 81.8 Å². The van der Waals surface area contributed by atoms with Crippen molar-refractivity contribution in [3.8, 4) is 6.07 Å². The average Bonchev–Trinajstić information content (AvgIpc) is 2.78. The van der Waals surface area contributed by atoms with Crippen molar-refractivity contribution in [1.82, 2.24) is 0 Å². The van der Waals surface area contributed by atoms with Gasteiger partial charge in [-0.3, -0.25) is 0 Å². The van der Waals surface area contributed by atoms with Gasteiger partial charge >= 0.3 is 0 Å². The number of nitrogens with zero attached hydrogens (tertiary/aromatic N) is 1. The van der Waals surface area contributed by atoms with Crippen LogP contribution < -0.4 is 0 Å². The van der Waals surface area contributed by atoms with Gasteiger partial charge in [0.2, 0.25) is 0 Å². The van der Waals surface area contributed by atoms with Crippen LogP contribution >= 0.6 is 0 Å². The monoisotopic (exact) mass is 429 g/mol. The zero-order valence-electron chi connectivity index (χ0n) is 18.8. The molecular formula is C27H37F2NO. The van der Waals surface area contributed by atoms with Gasteiger partial charge in [-0.25, -0.2) is 8.78 Å². The van der Waals surface area contributed by atoms with Crippen LogP contribution in [-0.4, -0.2) is 13.2 Å². The SMILES string of the molecule is C=CCOCCCC1CCC(C2CCC(CCc3cc(F)c(C#N)c(F)c3)CC2)CC1. The molecule has 31 heavy (non-hydrogen) atoms. The summed E-state index contributed by atoms with van der Waals surface area (Å²) in [5.74, 6) is 1.84. The number of rotatable bonds is 10. The van der Waals surface area contributed by atoms with Crippen LogP contribution in [0.3, 0.4) is 0 Å². The van der Waals surface area contributed by atoms with Crippen molar-refractivity contribution in [2.24, 2.45) is 23.7 Å². The van der Waals surface area contributed by atoms with E-state index in [4.69, 9.17) is 10.00 Å². The van der Waals surface area contributed by atoms with Crippen LogP contribution in [0.25, 0.3) is 0 Å². The minimum absolute atomic E-state index is 0.472. The van der Waals surface area contributed by atoms with Crippen molar-refractivity contribution >= 4 is 0 Å². The first-order valence-corrected chi connectivity index (χ1v) is 12.2. The Morgan fingerprint density at radius 1 is 0.935 bits per heavy atom. The Kier molecular flexibility index (Phi) is 9.53. The quantitative estimate of drug-likeness (QED) is 0.287. The molecule has 2 aliphatic rings. The van der Waals surface area contributed by atoms with Gasteiger partial charge in [-0.05, 0) is 92.7 Å². The Balaban J connectivity index is 1.33. The molecule has 0 N–H and O–H groups in total. The molecule has 0 aromatic heterocycles. The van der Waals surface area contributed by atoms with Crippen LogP contribution in [0.5, 0.6) is 0 Å². The summed E-state index contributed by atoms with van der Waals surface area (Å²) in [5, 5.41) is 8.80. The number of ether oxygens (including phenoxy) is 1. The highest BCUT2D eigenvalue weighted by molar-refractivity contribution is 5.35. The van der Waals surface area contributed by atoms with E-state index in [2.05, 4.69) is 6.58 Å². The minimum Gasteiger partial charge on any atom is -0.377 e. The van der Waals surface area contributed by atoms with Crippen LogP contribution in [0.15, 0.2) is 24.8 Å². The third kappa shape index (κ3) is 7.14. The standard InChI is InChI=1S/C27H37F2NO/c1-2-15-31-16-3-4-20-7-11-23(12-8-20)24-13-9-21(10-14-24)5-6-22-17-26(28)25(19-30)27(29)18-22/h2,17-18,20-21,23-24H,1,3-16H2. The molecule has 2 saturated carbocycles. The first-order chi connectivity index (χ1) is 15.1. The van der Waals surface area contributed by atoms with Crippen molar-refractivity contribution in [3.63, 3.8) is 0 Å². The van der Waals surface area contributed by atoms with E-state index in [1.807, 2.05) is 6.08 Å². The molecule has 4 heteroatoms. The largest absolute Gasteiger partial charge is 0.377 e. The van der Waals surface area contributed by atoms with Gasteiger partial charge < -0.3 is 4.74 Å². The summed E-state index contributed by atoms with van der Waals surface area (Å²) in [6.07, 6.45) is 16.6. The predicted molar refractivity (Wildman–Crippen MR) is 121 cm³/mol. The lowest BCUT2D eigenvalue weighted by Gasteiger charge is -2.38. The molecular weight excluding hydrogens is 392 g/mol. The molecule has 170 valence electrons. The van der Waals surface area contributed by atoms with Gasteiger partial charge in [0.25, 0.3) is 0 Å². The van der Waals surface area contributed by atoms with E-state index in [-0.39, 0.29) is 0 Å². The van der Waals surface area contributed by atoms with Gasteiger partial charge in [-0.1, -0.05) is 31.8 Å². The number of aryl methyl sites for hydroxylation is 1. The van der Waals surface area contributed by atoms with E-state index < -0.39 is 17.2 Å². The third-order valence-corrected chi connectivity index (χ3v) is 7.64. The smallest absolute Gasteiger partial charge is 0.144 e. The molecule has 2 aliphatic carbocycles. The van der Waals surface area contributed by atoms with E-state index in [1.165, 1.54) is 76.3 Å². The molecule has 0 radical (unpaired) electrons. The molecule has 1 aromatic rings. The fourth-order valence-corrected chi connectivity index (χ4v) is 5.78. The fourth-order valence-electron chi connectivity index (χ4n) is 5.78. The van der Waals surface area contributed by atoms with Crippen molar-refractivity contribution in [3.05, 3.63) is 47.5 Å². The first-order valence-electron chi connectivity index (χ1n) is 12.2. The third-order valence-electron chi connectivity index (χ3n) is 7.64. The molecule has 3 rings (SSSR count). The fraction of sp³-hybridized carbons (Fsp3) is 0.667. The normalized spacial score (nSPS) is 26.4. The molecule has 0 amide bonds. The summed E-state index contributed by atoms with van der Waals surface area (Å²) in [5.41, 5.74) is 0.198. The maximum atomic E-state index is 13.8. The van der Waals surface area contributed by atoms with Crippen LogP contribution in [-0.2, 0) is 11.2 Å². The van der Waals surface area contributed by atoms with Crippen molar-refractivity contribution in [2.45, 2.75) is 77.0 Å². The second-order valence-electron chi connectivity index (χ2n) is 9.65. The summed E-state index contributed by atoms with van der Waals surface area (Å²) < 4.78 is 33.1. The highest BCUT2D eigenvalue weighted by Crippen LogP contribution is 2.43. The van der Waals surface area contributed by atoms with E-state index in [0.717, 1.165) is 30.8 Å². The van der Waals surface area contributed by atoms with Gasteiger partial charge in [0.05, 0.1) is 6.61 Å². The first kappa shape index (κ1) is 23.9. The van der Waals surface area contributed by atoms with Crippen molar-refractivity contribution in [2.75, 3.05) is 13.2 Å². The number of hydrogen-bond acceptors (Lipinski definition) is 2. The lowest BCUT2D eigenvalue weighted by Crippen LogP contribution is -2.26. The second-order valence-corrected chi connectivity index (χ2v) is 9.65. The predicted octanol–water partition coefficient (Wildman–Crippen LogP) is 7.36. The number of halogens is 2. The maximum absolute atomic E-state index is 13.8. The summed E-state index contributed by atoms with van der Waals surface area (Å²) in [4.78, 5) is 0. The molecule has 0 bridgehead atoms.